The molecule has 0 aliphatic rings. The van der Waals surface area contributed by atoms with Gasteiger partial charge in [0.2, 0.25) is 0 Å². The number of hydrogen-bond acceptors (Lipinski definition) is 3. The minimum Gasteiger partial charge on any atom is -0.455 e. The topological polar surface area (TPSA) is 55.4 Å². The van der Waals surface area contributed by atoms with Gasteiger partial charge in [-0.25, -0.2) is 4.39 Å². The number of carbonyl (C=O) groups is 2. The van der Waals surface area contributed by atoms with Crippen molar-refractivity contribution in [2.24, 2.45) is 5.92 Å². The summed E-state index contributed by atoms with van der Waals surface area (Å²) in [5.41, 5.74) is 0.918. The lowest BCUT2D eigenvalue weighted by Gasteiger charge is -2.21. The van der Waals surface area contributed by atoms with E-state index in [0.29, 0.717) is 0 Å². The van der Waals surface area contributed by atoms with Crippen LogP contribution in [0, 0.1) is 11.7 Å². The van der Waals surface area contributed by atoms with Gasteiger partial charge in [0, 0.05) is 0 Å². The Labute approximate surface area is 147 Å². The number of esters is 1. The molecule has 0 fully saturated rings. The Hall–Kier alpha value is -2.69. The van der Waals surface area contributed by atoms with E-state index >= 15 is 0 Å². The number of halogens is 1. The third-order valence-corrected chi connectivity index (χ3v) is 4.12. The Morgan fingerprint density at radius 1 is 1.08 bits per heavy atom. The van der Waals surface area contributed by atoms with Gasteiger partial charge in [-0.1, -0.05) is 62.7 Å². The molecule has 0 saturated carbocycles. The van der Waals surface area contributed by atoms with Crippen LogP contribution in [-0.4, -0.2) is 18.5 Å². The molecule has 0 spiro atoms. The number of para-hydroxylation sites is 1. The molecule has 0 bridgehead atoms. The number of hydrogen-bond donors (Lipinski definition) is 1. The molecule has 0 radical (unpaired) electrons. The van der Waals surface area contributed by atoms with Crippen LogP contribution < -0.4 is 5.32 Å². The number of nitrogens with one attached hydrogen (secondary N) is 1. The molecule has 0 saturated heterocycles. The highest BCUT2D eigenvalue weighted by atomic mass is 19.1. The van der Waals surface area contributed by atoms with Crippen LogP contribution in [0.4, 0.5) is 10.1 Å². The summed E-state index contributed by atoms with van der Waals surface area (Å²) in [5.74, 6) is -1.93. The average Bonchev–Trinajstić information content (AvgIpc) is 2.63. The number of amides is 1. The lowest BCUT2D eigenvalue weighted by molar-refractivity contribution is -0.150. The van der Waals surface area contributed by atoms with E-state index in [0.717, 1.165) is 12.0 Å². The molecule has 1 N–H and O–H groups in total. The van der Waals surface area contributed by atoms with E-state index in [9.17, 15) is 14.0 Å². The van der Waals surface area contributed by atoms with E-state index in [4.69, 9.17) is 4.74 Å². The number of carbonyl (C=O) groups excluding carboxylic acids is 2. The highest BCUT2D eigenvalue weighted by molar-refractivity contribution is 5.93. The molecule has 0 aromatic heterocycles. The standard InChI is InChI=1S/C20H22FNO3/c1-3-14(2)19(15-9-5-4-6-10-15)20(24)25-13-18(23)22-17-12-8-7-11-16(17)21/h4-12,14,19H,3,13H2,1-2H3,(H,22,23)/t14-,19+/m0/s1. The number of rotatable bonds is 7. The summed E-state index contributed by atoms with van der Waals surface area (Å²) in [4.78, 5) is 24.4. The van der Waals surface area contributed by atoms with Gasteiger partial charge in [-0.2, -0.15) is 0 Å². The predicted octanol–water partition coefficient (Wildman–Crippen LogP) is 4.14. The van der Waals surface area contributed by atoms with Crippen molar-refractivity contribution in [2.75, 3.05) is 11.9 Å². The Morgan fingerprint density at radius 2 is 1.72 bits per heavy atom. The summed E-state index contributed by atoms with van der Waals surface area (Å²) >= 11 is 0. The molecular weight excluding hydrogens is 321 g/mol. The van der Waals surface area contributed by atoms with Crippen LogP contribution in [0.25, 0.3) is 0 Å². The third-order valence-electron chi connectivity index (χ3n) is 4.12. The van der Waals surface area contributed by atoms with Crippen LogP contribution in [0.2, 0.25) is 0 Å². The SMILES string of the molecule is CC[C@H](C)[C@@H](C(=O)OCC(=O)Nc1ccccc1F)c1ccccc1. The Balaban J connectivity index is 1.99. The minimum absolute atomic E-state index is 0.0603. The molecule has 0 unspecified atom stereocenters. The molecule has 5 heteroatoms. The normalized spacial score (nSPS) is 12.9. The van der Waals surface area contributed by atoms with Gasteiger partial charge < -0.3 is 10.1 Å². The molecular formula is C20H22FNO3. The van der Waals surface area contributed by atoms with Crippen molar-refractivity contribution in [2.45, 2.75) is 26.2 Å². The van der Waals surface area contributed by atoms with E-state index in [-0.39, 0.29) is 11.6 Å². The van der Waals surface area contributed by atoms with Crippen molar-refractivity contribution in [3.05, 3.63) is 66.0 Å². The van der Waals surface area contributed by atoms with Gasteiger partial charge in [0.05, 0.1) is 11.6 Å². The summed E-state index contributed by atoms with van der Waals surface area (Å²) < 4.78 is 18.7. The van der Waals surface area contributed by atoms with Gasteiger partial charge in [0.1, 0.15) is 5.82 Å². The van der Waals surface area contributed by atoms with Gasteiger partial charge in [-0.05, 0) is 23.6 Å². The largest absolute Gasteiger partial charge is 0.455 e. The summed E-state index contributed by atoms with van der Waals surface area (Å²) in [6, 6.07) is 15.2. The quantitative estimate of drug-likeness (QED) is 0.769. The second kappa shape index (κ2) is 8.97. The molecule has 0 heterocycles. The maximum atomic E-state index is 13.5. The molecule has 25 heavy (non-hydrogen) atoms. The van der Waals surface area contributed by atoms with Crippen LogP contribution in [-0.2, 0) is 14.3 Å². The Kier molecular flexibility index (Phi) is 6.69. The van der Waals surface area contributed by atoms with E-state index in [2.05, 4.69) is 5.32 Å². The first-order chi connectivity index (χ1) is 12.0. The Bertz CT molecular complexity index is 718. The molecule has 2 aromatic carbocycles. The summed E-state index contributed by atoms with van der Waals surface area (Å²) in [6.07, 6.45) is 0.802. The zero-order valence-electron chi connectivity index (χ0n) is 14.4. The summed E-state index contributed by atoms with van der Waals surface area (Å²) in [7, 11) is 0. The summed E-state index contributed by atoms with van der Waals surface area (Å²) in [6.45, 7) is 3.52. The summed E-state index contributed by atoms with van der Waals surface area (Å²) in [5, 5.41) is 2.40. The van der Waals surface area contributed by atoms with Crippen LogP contribution in [0.1, 0.15) is 31.7 Å². The second-order valence-corrected chi connectivity index (χ2v) is 5.91. The number of ether oxygens (including phenoxy) is 1. The maximum absolute atomic E-state index is 13.5. The molecule has 132 valence electrons. The smallest absolute Gasteiger partial charge is 0.314 e. The van der Waals surface area contributed by atoms with Crippen LogP contribution in [0.15, 0.2) is 54.6 Å². The number of anilines is 1. The molecule has 2 atom stereocenters. The molecule has 0 aliphatic heterocycles. The average molecular weight is 343 g/mol. The zero-order valence-corrected chi connectivity index (χ0v) is 14.4. The number of benzene rings is 2. The van der Waals surface area contributed by atoms with Crippen molar-refractivity contribution in [1.82, 2.24) is 0 Å². The lowest BCUT2D eigenvalue weighted by Crippen LogP contribution is -2.27. The van der Waals surface area contributed by atoms with Crippen molar-refractivity contribution in [3.8, 4) is 0 Å². The fourth-order valence-electron chi connectivity index (χ4n) is 2.57. The van der Waals surface area contributed by atoms with Crippen molar-refractivity contribution >= 4 is 17.6 Å². The monoisotopic (exact) mass is 343 g/mol. The maximum Gasteiger partial charge on any atom is 0.314 e. The Morgan fingerprint density at radius 3 is 2.36 bits per heavy atom. The second-order valence-electron chi connectivity index (χ2n) is 5.91. The molecule has 2 rings (SSSR count). The van der Waals surface area contributed by atoms with E-state index in [1.807, 2.05) is 44.2 Å². The third kappa shape index (κ3) is 5.14. The fraction of sp³-hybridized carbons (Fsp3) is 0.300. The molecule has 2 aromatic rings. The van der Waals surface area contributed by atoms with Crippen molar-refractivity contribution in [3.63, 3.8) is 0 Å². The van der Waals surface area contributed by atoms with Crippen molar-refractivity contribution < 1.29 is 18.7 Å². The van der Waals surface area contributed by atoms with Crippen molar-refractivity contribution in [1.29, 1.82) is 0 Å². The minimum atomic E-state index is -0.575. The van der Waals surface area contributed by atoms with Crippen LogP contribution in [0.5, 0.6) is 0 Å². The highest BCUT2D eigenvalue weighted by Gasteiger charge is 2.27. The predicted molar refractivity (Wildman–Crippen MR) is 94.6 cm³/mol. The molecule has 0 aliphatic carbocycles. The van der Waals surface area contributed by atoms with Gasteiger partial charge in [-0.15, -0.1) is 0 Å². The first kappa shape index (κ1) is 18.6. The highest BCUT2D eigenvalue weighted by Crippen LogP contribution is 2.28. The first-order valence-electron chi connectivity index (χ1n) is 8.29. The van der Waals surface area contributed by atoms with Gasteiger partial charge in [0.15, 0.2) is 6.61 Å². The molecule has 1 amide bonds. The van der Waals surface area contributed by atoms with Gasteiger partial charge in [0.25, 0.3) is 5.91 Å². The van der Waals surface area contributed by atoms with E-state index in [1.54, 1.807) is 6.07 Å². The van der Waals surface area contributed by atoms with Crippen LogP contribution in [0.3, 0.4) is 0 Å². The first-order valence-corrected chi connectivity index (χ1v) is 8.29. The fourth-order valence-corrected chi connectivity index (χ4v) is 2.57. The zero-order chi connectivity index (χ0) is 18.2. The van der Waals surface area contributed by atoms with E-state index in [1.165, 1.54) is 18.2 Å². The lowest BCUT2D eigenvalue weighted by atomic mass is 9.86. The van der Waals surface area contributed by atoms with Gasteiger partial charge in [-0.3, -0.25) is 9.59 Å². The van der Waals surface area contributed by atoms with Gasteiger partial charge >= 0.3 is 5.97 Å². The molecule has 4 nitrogen and oxygen atoms in total. The van der Waals surface area contributed by atoms with E-state index < -0.39 is 30.2 Å². The van der Waals surface area contributed by atoms with Crippen LogP contribution >= 0.6 is 0 Å².